The number of halogens is 1. The van der Waals surface area contributed by atoms with Crippen molar-refractivity contribution in [3.8, 4) is 0 Å². The van der Waals surface area contributed by atoms with Crippen molar-refractivity contribution in [3.05, 3.63) is 52.8 Å². The summed E-state index contributed by atoms with van der Waals surface area (Å²) in [4.78, 5) is 21.3. The number of rotatable bonds is 2. The predicted molar refractivity (Wildman–Crippen MR) is 92.5 cm³/mol. The number of anilines is 2. The molecule has 0 atom stereocenters. The molecule has 1 aliphatic carbocycles. The van der Waals surface area contributed by atoms with Gasteiger partial charge in [-0.2, -0.15) is 0 Å². The lowest BCUT2D eigenvalue weighted by Crippen LogP contribution is -2.45. The molecule has 1 aromatic carbocycles. The van der Waals surface area contributed by atoms with E-state index in [1.54, 1.807) is 6.20 Å². The van der Waals surface area contributed by atoms with Gasteiger partial charge in [-0.05, 0) is 44.0 Å². The summed E-state index contributed by atoms with van der Waals surface area (Å²) in [6.07, 6.45) is 4.07. The van der Waals surface area contributed by atoms with Crippen LogP contribution >= 0.6 is 11.6 Å². The first-order valence-corrected chi connectivity index (χ1v) is 8.32. The standard InChI is InChI=1S/C18H18ClN3O/c1-12-5-6-13(11-20-12)18(23)22-10-9-21(14-7-8-14)17-15(19)3-2-4-16(17)22/h2-6,11,14H,7-10H2,1H3. The predicted octanol–water partition coefficient (Wildman–Crippen LogP) is 3.67. The Morgan fingerprint density at radius 1 is 1.22 bits per heavy atom. The highest BCUT2D eigenvalue weighted by molar-refractivity contribution is 6.34. The molecule has 4 nitrogen and oxygen atoms in total. The molecule has 1 amide bonds. The minimum atomic E-state index is -0.0172. The zero-order valence-corrected chi connectivity index (χ0v) is 13.8. The summed E-state index contributed by atoms with van der Waals surface area (Å²) >= 11 is 6.45. The van der Waals surface area contributed by atoms with Crippen LogP contribution in [-0.2, 0) is 0 Å². The van der Waals surface area contributed by atoms with Gasteiger partial charge in [0.1, 0.15) is 0 Å². The molecule has 4 rings (SSSR count). The molecule has 0 radical (unpaired) electrons. The summed E-state index contributed by atoms with van der Waals surface area (Å²) in [5, 5.41) is 0.717. The van der Waals surface area contributed by atoms with Gasteiger partial charge in [-0.1, -0.05) is 17.7 Å². The normalized spacial score (nSPS) is 17.1. The fourth-order valence-corrected chi connectivity index (χ4v) is 3.44. The summed E-state index contributed by atoms with van der Waals surface area (Å²) in [6, 6.07) is 10.1. The van der Waals surface area contributed by atoms with Crippen LogP contribution in [0.4, 0.5) is 11.4 Å². The molecule has 0 N–H and O–H groups in total. The van der Waals surface area contributed by atoms with E-state index >= 15 is 0 Å². The molecular formula is C18H18ClN3O. The Kier molecular flexibility index (Phi) is 3.49. The summed E-state index contributed by atoms with van der Waals surface area (Å²) in [5.41, 5.74) is 3.42. The van der Waals surface area contributed by atoms with Crippen molar-refractivity contribution in [1.82, 2.24) is 4.98 Å². The van der Waals surface area contributed by atoms with Gasteiger partial charge in [0.15, 0.2) is 0 Å². The minimum absolute atomic E-state index is 0.0172. The Bertz CT molecular complexity index is 755. The summed E-state index contributed by atoms with van der Waals surface area (Å²) in [7, 11) is 0. The molecule has 2 aromatic rings. The molecule has 1 saturated carbocycles. The summed E-state index contributed by atoms with van der Waals surface area (Å²) < 4.78 is 0. The van der Waals surface area contributed by atoms with Crippen LogP contribution in [0.5, 0.6) is 0 Å². The molecule has 1 aromatic heterocycles. The van der Waals surface area contributed by atoms with Gasteiger partial charge in [-0.15, -0.1) is 0 Å². The summed E-state index contributed by atoms with van der Waals surface area (Å²) in [6.45, 7) is 3.42. The Morgan fingerprint density at radius 2 is 2.04 bits per heavy atom. The van der Waals surface area contributed by atoms with E-state index in [2.05, 4.69) is 9.88 Å². The van der Waals surface area contributed by atoms with Crippen LogP contribution in [0.2, 0.25) is 5.02 Å². The van der Waals surface area contributed by atoms with E-state index in [0.717, 1.165) is 23.6 Å². The first-order valence-electron chi connectivity index (χ1n) is 7.95. The van der Waals surface area contributed by atoms with Gasteiger partial charge in [0, 0.05) is 31.0 Å². The molecular weight excluding hydrogens is 310 g/mol. The highest BCUT2D eigenvalue weighted by Gasteiger charge is 2.36. The van der Waals surface area contributed by atoms with Crippen molar-refractivity contribution in [2.75, 3.05) is 22.9 Å². The number of benzene rings is 1. The zero-order valence-electron chi connectivity index (χ0n) is 13.0. The smallest absolute Gasteiger partial charge is 0.259 e. The summed E-state index contributed by atoms with van der Waals surface area (Å²) in [5.74, 6) is -0.0172. The van der Waals surface area contributed by atoms with Crippen LogP contribution in [-0.4, -0.2) is 30.0 Å². The number of para-hydroxylation sites is 1. The van der Waals surface area contributed by atoms with Crippen LogP contribution in [0.25, 0.3) is 0 Å². The Balaban J connectivity index is 1.73. The molecule has 1 aliphatic heterocycles. The first-order chi connectivity index (χ1) is 11.1. The molecule has 0 saturated heterocycles. The Labute approximate surface area is 140 Å². The van der Waals surface area contributed by atoms with Crippen molar-refractivity contribution in [3.63, 3.8) is 0 Å². The van der Waals surface area contributed by atoms with Crippen LogP contribution < -0.4 is 9.80 Å². The topological polar surface area (TPSA) is 36.4 Å². The number of fused-ring (bicyclic) bond motifs is 1. The number of hydrogen-bond acceptors (Lipinski definition) is 3. The quantitative estimate of drug-likeness (QED) is 0.844. The zero-order chi connectivity index (χ0) is 16.0. The average molecular weight is 328 g/mol. The van der Waals surface area contributed by atoms with Crippen LogP contribution in [0.1, 0.15) is 28.9 Å². The van der Waals surface area contributed by atoms with Gasteiger partial charge in [0.25, 0.3) is 5.91 Å². The lowest BCUT2D eigenvalue weighted by molar-refractivity contribution is 0.0986. The lowest BCUT2D eigenvalue weighted by atomic mass is 10.1. The fraction of sp³-hybridized carbons (Fsp3) is 0.333. The number of carbonyl (C=O) groups is 1. The lowest BCUT2D eigenvalue weighted by Gasteiger charge is -2.38. The van der Waals surface area contributed by atoms with Gasteiger partial charge in [-0.3, -0.25) is 9.78 Å². The SMILES string of the molecule is Cc1ccc(C(=O)N2CCN(C3CC3)c3c(Cl)cccc32)cn1. The second-order valence-electron chi connectivity index (χ2n) is 6.18. The van der Waals surface area contributed by atoms with Crippen LogP contribution in [0.15, 0.2) is 36.5 Å². The Hall–Kier alpha value is -2.07. The second-order valence-corrected chi connectivity index (χ2v) is 6.58. The van der Waals surface area contributed by atoms with E-state index in [1.165, 1.54) is 12.8 Å². The highest BCUT2D eigenvalue weighted by Crippen LogP contribution is 2.44. The maximum absolute atomic E-state index is 12.9. The minimum Gasteiger partial charge on any atom is -0.364 e. The van der Waals surface area contributed by atoms with Gasteiger partial charge >= 0.3 is 0 Å². The van der Waals surface area contributed by atoms with Gasteiger partial charge in [0.05, 0.1) is 22.0 Å². The largest absolute Gasteiger partial charge is 0.364 e. The average Bonchev–Trinajstić information content (AvgIpc) is 3.39. The number of aromatic nitrogens is 1. The number of pyridine rings is 1. The third-order valence-corrected chi connectivity index (χ3v) is 4.80. The molecule has 2 heterocycles. The number of aryl methyl sites for hydroxylation is 1. The van der Waals surface area contributed by atoms with E-state index < -0.39 is 0 Å². The van der Waals surface area contributed by atoms with Crippen LogP contribution in [0, 0.1) is 6.92 Å². The molecule has 2 aliphatic rings. The number of hydrogen-bond donors (Lipinski definition) is 0. The molecule has 1 fully saturated rings. The van der Waals surface area contributed by atoms with Gasteiger partial charge < -0.3 is 9.80 Å². The van der Waals surface area contributed by atoms with E-state index in [1.807, 2.05) is 42.2 Å². The maximum Gasteiger partial charge on any atom is 0.259 e. The first kappa shape index (κ1) is 14.5. The second kappa shape index (κ2) is 5.53. The van der Waals surface area contributed by atoms with Gasteiger partial charge in [-0.25, -0.2) is 0 Å². The number of carbonyl (C=O) groups excluding carboxylic acids is 1. The molecule has 0 unspecified atom stereocenters. The van der Waals surface area contributed by atoms with Crippen molar-refractivity contribution >= 4 is 28.9 Å². The fourth-order valence-electron chi connectivity index (χ4n) is 3.16. The molecule has 5 heteroatoms. The van der Waals surface area contributed by atoms with Crippen molar-refractivity contribution in [2.24, 2.45) is 0 Å². The molecule has 118 valence electrons. The van der Waals surface area contributed by atoms with E-state index in [4.69, 9.17) is 11.6 Å². The third-order valence-electron chi connectivity index (χ3n) is 4.50. The maximum atomic E-state index is 12.9. The van der Waals surface area contributed by atoms with E-state index in [-0.39, 0.29) is 5.91 Å². The molecule has 23 heavy (non-hydrogen) atoms. The van der Waals surface area contributed by atoms with Crippen molar-refractivity contribution in [2.45, 2.75) is 25.8 Å². The van der Waals surface area contributed by atoms with Crippen LogP contribution in [0.3, 0.4) is 0 Å². The van der Waals surface area contributed by atoms with E-state index in [9.17, 15) is 4.79 Å². The number of nitrogens with zero attached hydrogens (tertiary/aromatic N) is 3. The third kappa shape index (κ3) is 2.57. The van der Waals surface area contributed by atoms with E-state index in [0.29, 0.717) is 23.2 Å². The molecule has 0 bridgehead atoms. The highest BCUT2D eigenvalue weighted by atomic mass is 35.5. The Morgan fingerprint density at radius 3 is 2.74 bits per heavy atom. The number of amides is 1. The van der Waals surface area contributed by atoms with Crippen molar-refractivity contribution < 1.29 is 4.79 Å². The molecule has 0 spiro atoms. The monoisotopic (exact) mass is 327 g/mol. The van der Waals surface area contributed by atoms with Crippen molar-refractivity contribution in [1.29, 1.82) is 0 Å². The van der Waals surface area contributed by atoms with Gasteiger partial charge in [0.2, 0.25) is 0 Å².